The SMILES string of the molecule is C=CC[C@H]1N(Cc2ccccc2)C(=O)[C@@H]2[C@H](C(=O)[O-])[C@@H]3C=C[C@]21O3. The number of amides is 1. The average molecular weight is 324 g/mol. The van der Waals surface area contributed by atoms with Gasteiger partial charge in [-0.25, -0.2) is 0 Å². The molecule has 1 spiro atoms. The summed E-state index contributed by atoms with van der Waals surface area (Å²) in [5.74, 6) is -3.03. The minimum atomic E-state index is -1.22. The van der Waals surface area contributed by atoms with E-state index in [1.807, 2.05) is 36.4 Å². The molecule has 1 aromatic carbocycles. The van der Waals surface area contributed by atoms with Crippen LogP contribution in [0.2, 0.25) is 0 Å². The second-order valence-corrected chi connectivity index (χ2v) is 6.61. The fraction of sp³-hybridized carbons (Fsp3) is 0.368. The first-order valence-corrected chi connectivity index (χ1v) is 8.12. The number of benzene rings is 1. The highest BCUT2D eigenvalue weighted by Gasteiger charge is 2.69. The van der Waals surface area contributed by atoms with Gasteiger partial charge in [0.1, 0.15) is 5.60 Å². The maximum atomic E-state index is 13.1. The molecule has 5 atom stereocenters. The summed E-state index contributed by atoms with van der Waals surface area (Å²) >= 11 is 0. The normalized spacial score (nSPS) is 36.2. The number of rotatable bonds is 5. The monoisotopic (exact) mass is 324 g/mol. The molecule has 5 heteroatoms. The van der Waals surface area contributed by atoms with Crippen LogP contribution in [-0.4, -0.2) is 34.5 Å². The smallest absolute Gasteiger partial charge is 0.230 e. The molecular weight excluding hydrogens is 306 g/mol. The van der Waals surface area contributed by atoms with E-state index in [2.05, 4.69) is 6.58 Å². The van der Waals surface area contributed by atoms with Gasteiger partial charge in [0, 0.05) is 18.4 Å². The number of carbonyl (C=O) groups is 2. The summed E-state index contributed by atoms with van der Waals surface area (Å²) in [5.41, 5.74) is 0.120. The van der Waals surface area contributed by atoms with E-state index < -0.39 is 29.5 Å². The molecule has 24 heavy (non-hydrogen) atoms. The molecule has 1 amide bonds. The van der Waals surface area contributed by atoms with E-state index in [-0.39, 0.29) is 11.9 Å². The minimum Gasteiger partial charge on any atom is -0.550 e. The number of aliphatic carboxylic acids is 1. The first-order chi connectivity index (χ1) is 11.6. The number of carboxylic acids is 1. The average Bonchev–Trinajstić information content (AvgIpc) is 3.20. The number of carboxylic acid groups (broad SMARTS) is 1. The molecule has 0 N–H and O–H groups in total. The Bertz CT molecular complexity index is 728. The van der Waals surface area contributed by atoms with Crippen LogP contribution in [-0.2, 0) is 20.9 Å². The predicted molar refractivity (Wildman–Crippen MR) is 84.3 cm³/mol. The van der Waals surface area contributed by atoms with Crippen LogP contribution in [0.15, 0.2) is 55.1 Å². The molecule has 3 heterocycles. The molecular formula is C19H18NO4-. The summed E-state index contributed by atoms with van der Waals surface area (Å²) in [4.78, 5) is 26.4. The zero-order valence-electron chi connectivity index (χ0n) is 13.1. The van der Waals surface area contributed by atoms with Crippen molar-refractivity contribution in [3.05, 3.63) is 60.7 Å². The molecule has 3 aliphatic rings. The Kier molecular flexibility index (Phi) is 3.35. The van der Waals surface area contributed by atoms with Gasteiger partial charge in [0.2, 0.25) is 5.91 Å². The summed E-state index contributed by atoms with van der Waals surface area (Å²) in [6.07, 6.45) is 5.36. The van der Waals surface area contributed by atoms with Gasteiger partial charge in [-0.15, -0.1) is 6.58 Å². The van der Waals surface area contributed by atoms with Gasteiger partial charge in [0.15, 0.2) is 0 Å². The summed E-state index contributed by atoms with van der Waals surface area (Å²) in [5, 5.41) is 11.6. The molecule has 0 aliphatic carbocycles. The minimum absolute atomic E-state index is 0.174. The van der Waals surface area contributed by atoms with Crippen LogP contribution in [0.3, 0.4) is 0 Å². The van der Waals surface area contributed by atoms with E-state index in [1.54, 1.807) is 17.1 Å². The van der Waals surface area contributed by atoms with Crippen LogP contribution < -0.4 is 5.11 Å². The number of hydrogen-bond donors (Lipinski definition) is 0. The van der Waals surface area contributed by atoms with Crippen molar-refractivity contribution in [1.82, 2.24) is 4.90 Å². The van der Waals surface area contributed by atoms with Crippen LogP contribution in [0.5, 0.6) is 0 Å². The molecule has 2 fully saturated rings. The van der Waals surface area contributed by atoms with Gasteiger partial charge in [-0.2, -0.15) is 0 Å². The zero-order chi connectivity index (χ0) is 16.9. The van der Waals surface area contributed by atoms with Crippen LogP contribution in [0.1, 0.15) is 12.0 Å². The van der Waals surface area contributed by atoms with Gasteiger partial charge >= 0.3 is 0 Å². The lowest BCUT2D eigenvalue weighted by Crippen LogP contribution is -2.46. The fourth-order valence-electron chi connectivity index (χ4n) is 4.43. The molecule has 3 aliphatic heterocycles. The standard InChI is InChI=1S/C19H19NO4/c1-2-6-14-19-10-9-13(24-19)15(18(22)23)16(19)17(21)20(14)11-12-7-4-3-5-8-12/h2-5,7-10,13-16H,1,6,11H2,(H,22,23)/p-1/t13-,14+,15+,16-,19+/m0/s1. The van der Waals surface area contributed by atoms with Crippen molar-refractivity contribution in [2.75, 3.05) is 0 Å². The molecule has 124 valence electrons. The van der Waals surface area contributed by atoms with Crippen molar-refractivity contribution in [1.29, 1.82) is 0 Å². The van der Waals surface area contributed by atoms with E-state index in [9.17, 15) is 14.7 Å². The molecule has 2 bridgehead atoms. The first-order valence-electron chi connectivity index (χ1n) is 8.12. The van der Waals surface area contributed by atoms with Gasteiger partial charge in [0.25, 0.3) is 0 Å². The van der Waals surface area contributed by atoms with Crippen molar-refractivity contribution in [3.8, 4) is 0 Å². The van der Waals surface area contributed by atoms with E-state index in [4.69, 9.17) is 4.74 Å². The third-order valence-electron chi connectivity index (χ3n) is 5.39. The molecule has 0 unspecified atom stereocenters. The zero-order valence-corrected chi connectivity index (χ0v) is 13.1. The Hall–Kier alpha value is -2.40. The van der Waals surface area contributed by atoms with Crippen molar-refractivity contribution in [2.45, 2.75) is 30.7 Å². The van der Waals surface area contributed by atoms with Crippen LogP contribution in [0.25, 0.3) is 0 Å². The van der Waals surface area contributed by atoms with Crippen LogP contribution >= 0.6 is 0 Å². The van der Waals surface area contributed by atoms with E-state index in [1.165, 1.54) is 0 Å². The van der Waals surface area contributed by atoms with Gasteiger partial charge in [-0.3, -0.25) is 4.79 Å². The Labute approximate surface area is 140 Å². The van der Waals surface area contributed by atoms with Crippen molar-refractivity contribution >= 4 is 11.9 Å². The maximum Gasteiger partial charge on any atom is 0.230 e. The predicted octanol–water partition coefficient (Wildman–Crippen LogP) is 0.663. The summed E-state index contributed by atoms with van der Waals surface area (Å²) in [6.45, 7) is 4.22. The number of likely N-dealkylation sites (tertiary alicyclic amines) is 1. The summed E-state index contributed by atoms with van der Waals surface area (Å²) < 4.78 is 6.02. The van der Waals surface area contributed by atoms with Gasteiger partial charge in [-0.05, 0) is 12.0 Å². The second kappa shape index (κ2) is 5.31. The van der Waals surface area contributed by atoms with Crippen molar-refractivity contribution in [2.24, 2.45) is 11.8 Å². The first kappa shape index (κ1) is 15.1. The fourth-order valence-corrected chi connectivity index (χ4v) is 4.43. The van der Waals surface area contributed by atoms with E-state index in [0.717, 1.165) is 5.56 Å². The number of fused-ring (bicyclic) bond motifs is 1. The Morgan fingerprint density at radius 1 is 1.38 bits per heavy atom. The molecule has 0 aromatic heterocycles. The highest BCUT2D eigenvalue weighted by atomic mass is 16.5. The topological polar surface area (TPSA) is 69.7 Å². The Balaban J connectivity index is 1.73. The van der Waals surface area contributed by atoms with Gasteiger partial charge in [-0.1, -0.05) is 48.6 Å². The lowest BCUT2D eigenvalue weighted by Gasteiger charge is -2.32. The van der Waals surface area contributed by atoms with Gasteiger partial charge < -0.3 is 19.5 Å². The van der Waals surface area contributed by atoms with E-state index >= 15 is 0 Å². The van der Waals surface area contributed by atoms with Crippen molar-refractivity contribution in [3.63, 3.8) is 0 Å². The summed E-state index contributed by atoms with van der Waals surface area (Å²) in [6, 6.07) is 9.41. The highest BCUT2D eigenvalue weighted by molar-refractivity contribution is 5.91. The number of hydrogen-bond acceptors (Lipinski definition) is 4. The van der Waals surface area contributed by atoms with Gasteiger partial charge in [0.05, 0.1) is 18.1 Å². The lowest BCUT2D eigenvalue weighted by molar-refractivity contribution is -0.313. The Morgan fingerprint density at radius 2 is 2.12 bits per heavy atom. The van der Waals surface area contributed by atoms with Crippen molar-refractivity contribution < 1.29 is 19.4 Å². The van der Waals surface area contributed by atoms with Crippen LogP contribution in [0.4, 0.5) is 0 Å². The quantitative estimate of drug-likeness (QED) is 0.746. The highest BCUT2D eigenvalue weighted by Crippen LogP contribution is 2.55. The number of ether oxygens (including phenoxy) is 1. The molecule has 0 saturated carbocycles. The molecule has 2 saturated heterocycles. The number of carbonyl (C=O) groups excluding carboxylic acids is 2. The third kappa shape index (κ3) is 1.91. The number of nitrogens with zero attached hydrogens (tertiary/aromatic N) is 1. The van der Waals surface area contributed by atoms with Crippen LogP contribution in [0, 0.1) is 11.8 Å². The molecule has 0 radical (unpaired) electrons. The van der Waals surface area contributed by atoms with E-state index in [0.29, 0.717) is 13.0 Å². The third-order valence-corrected chi connectivity index (χ3v) is 5.39. The maximum absolute atomic E-state index is 13.1. The molecule has 5 nitrogen and oxygen atoms in total. The largest absolute Gasteiger partial charge is 0.550 e. The summed E-state index contributed by atoms with van der Waals surface area (Å²) in [7, 11) is 0. The second-order valence-electron chi connectivity index (χ2n) is 6.61. The molecule has 1 aromatic rings. The molecule has 4 rings (SSSR count). The Morgan fingerprint density at radius 3 is 2.79 bits per heavy atom. The lowest BCUT2D eigenvalue weighted by atomic mass is 9.74.